The normalized spacial score (nSPS) is 36.4. The molecule has 0 aromatic carbocycles. The van der Waals surface area contributed by atoms with Gasteiger partial charge in [0.15, 0.2) is 0 Å². The van der Waals surface area contributed by atoms with Gasteiger partial charge in [0.25, 0.3) is 0 Å². The summed E-state index contributed by atoms with van der Waals surface area (Å²) in [4.78, 5) is 2.66. The average molecular weight is 196 g/mol. The van der Waals surface area contributed by atoms with E-state index in [2.05, 4.69) is 10.2 Å². The second kappa shape index (κ2) is 3.80. The van der Waals surface area contributed by atoms with Crippen molar-refractivity contribution in [2.45, 2.75) is 18.9 Å². The largest absolute Gasteiger partial charge is 0.378 e. The van der Waals surface area contributed by atoms with Crippen LogP contribution in [0, 0.1) is 11.8 Å². The van der Waals surface area contributed by atoms with Crippen molar-refractivity contribution < 1.29 is 4.74 Å². The molecule has 0 aromatic rings. The van der Waals surface area contributed by atoms with Crippen LogP contribution >= 0.6 is 0 Å². The lowest BCUT2D eigenvalue weighted by molar-refractivity contribution is -0.0811. The van der Waals surface area contributed by atoms with Crippen LogP contribution in [0.5, 0.6) is 0 Å². The molecule has 3 aliphatic heterocycles. The first-order valence-corrected chi connectivity index (χ1v) is 5.96. The topological polar surface area (TPSA) is 24.5 Å². The van der Waals surface area contributed by atoms with Gasteiger partial charge in [0.2, 0.25) is 0 Å². The molecule has 0 bridgehead atoms. The maximum atomic E-state index is 5.27. The summed E-state index contributed by atoms with van der Waals surface area (Å²) in [5.41, 5.74) is 0. The smallest absolute Gasteiger partial charge is 0.0645 e. The number of nitrogens with one attached hydrogen (secondary N) is 1. The summed E-state index contributed by atoms with van der Waals surface area (Å²) in [5.74, 6) is 1.93. The van der Waals surface area contributed by atoms with E-state index in [0.29, 0.717) is 0 Å². The molecule has 1 unspecified atom stereocenters. The van der Waals surface area contributed by atoms with Crippen LogP contribution in [-0.4, -0.2) is 50.3 Å². The van der Waals surface area contributed by atoms with E-state index in [0.717, 1.165) is 31.1 Å². The third-order valence-electron chi connectivity index (χ3n) is 4.11. The molecule has 3 heteroatoms. The summed E-state index contributed by atoms with van der Waals surface area (Å²) in [5, 5.41) is 3.39. The highest BCUT2D eigenvalue weighted by Gasteiger charge is 2.35. The van der Waals surface area contributed by atoms with Gasteiger partial charge in [-0.1, -0.05) is 0 Å². The quantitative estimate of drug-likeness (QED) is 0.688. The third-order valence-corrected chi connectivity index (χ3v) is 4.11. The van der Waals surface area contributed by atoms with Crippen LogP contribution in [-0.2, 0) is 4.74 Å². The van der Waals surface area contributed by atoms with Crippen molar-refractivity contribution in [2.24, 2.45) is 11.8 Å². The van der Waals surface area contributed by atoms with E-state index in [1.807, 2.05) is 0 Å². The molecule has 0 saturated carbocycles. The minimum atomic E-state index is 0.755. The van der Waals surface area contributed by atoms with Gasteiger partial charge in [0.05, 0.1) is 19.3 Å². The van der Waals surface area contributed by atoms with Crippen molar-refractivity contribution in [1.82, 2.24) is 10.2 Å². The highest BCUT2D eigenvalue weighted by Crippen LogP contribution is 2.28. The fraction of sp³-hybridized carbons (Fsp3) is 1.00. The molecule has 0 spiro atoms. The van der Waals surface area contributed by atoms with Crippen LogP contribution in [0.2, 0.25) is 0 Å². The first-order chi connectivity index (χ1) is 6.93. The van der Waals surface area contributed by atoms with Crippen molar-refractivity contribution >= 4 is 0 Å². The predicted octanol–water partition coefficient (Wildman–Crippen LogP) is 0.317. The summed E-state index contributed by atoms with van der Waals surface area (Å²) < 4.78 is 5.27. The molecule has 0 amide bonds. The number of rotatable bonds is 2. The summed E-state index contributed by atoms with van der Waals surface area (Å²) in [6.07, 6.45) is 2.86. The Hall–Kier alpha value is -0.120. The molecule has 3 heterocycles. The Morgan fingerprint density at radius 3 is 2.57 bits per heavy atom. The number of piperidine rings is 1. The lowest BCUT2D eigenvalue weighted by Crippen LogP contribution is -2.56. The molecule has 3 fully saturated rings. The minimum absolute atomic E-state index is 0.755. The minimum Gasteiger partial charge on any atom is -0.378 e. The molecule has 1 atom stereocenters. The molecular formula is C11H20N2O. The molecular weight excluding hydrogens is 176 g/mol. The standard InChI is InChI=1S/C11H20N2O/c1-2-9(10-4-12-5-10)6-13(3-1)11-7-14-8-11/h9-12H,1-8H2. The highest BCUT2D eigenvalue weighted by atomic mass is 16.5. The second-order valence-corrected chi connectivity index (χ2v) is 5.01. The number of hydrogen-bond donors (Lipinski definition) is 1. The monoisotopic (exact) mass is 196 g/mol. The average Bonchev–Trinajstić information content (AvgIpc) is 1.98. The van der Waals surface area contributed by atoms with E-state index in [1.54, 1.807) is 0 Å². The third kappa shape index (κ3) is 1.58. The van der Waals surface area contributed by atoms with Gasteiger partial charge in [0, 0.05) is 6.54 Å². The first-order valence-electron chi connectivity index (χ1n) is 5.96. The lowest BCUT2D eigenvalue weighted by Gasteiger charge is -2.45. The summed E-state index contributed by atoms with van der Waals surface area (Å²) >= 11 is 0. The zero-order valence-electron chi connectivity index (χ0n) is 8.74. The predicted molar refractivity (Wildman–Crippen MR) is 55.3 cm³/mol. The molecule has 3 saturated heterocycles. The number of nitrogens with zero attached hydrogens (tertiary/aromatic N) is 1. The fourth-order valence-electron chi connectivity index (χ4n) is 2.84. The number of likely N-dealkylation sites (tertiary alicyclic amines) is 1. The maximum Gasteiger partial charge on any atom is 0.0645 e. The molecule has 3 nitrogen and oxygen atoms in total. The van der Waals surface area contributed by atoms with Crippen LogP contribution < -0.4 is 5.32 Å². The first kappa shape index (κ1) is 9.13. The van der Waals surface area contributed by atoms with Gasteiger partial charge in [-0.25, -0.2) is 0 Å². The SMILES string of the molecule is C1CC(C2CNC2)CN(C2COC2)C1. The molecule has 0 aliphatic carbocycles. The van der Waals surface area contributed by atoms with E-state index in [-0.39, 0.29) is 0 Å². The molecule has 3 aliphatic rings. The Kier molecular flexibility index (Phi) is 2.48. The molecule has 80 valence electrons. The molecule has 0 aromatic heterocycles. The fourth-order valence-corrected chi connectivity index (χ4v) is 2.84. The zero-order chi connectivity index (χ0) is 9.38. The van der Waals surface area contributed by atoms with Gasteiger partial charge >= 0.3 is 0 Å². The summed E-state index contributed by atoms with van der Waals surface area (Å²) in [7, 11) is 0. The number of ether oxygens (including phenoxy) is 1. The molecule has 0 radical (unpaired) electrons. The highest BCUT2D eigenvalue weighted by molar-refractivity contribution is 4.89. The van der Waals surface area contributed by atoms with Crippen LogP contribution in [0.25, 0.3) is 0 Å². The van der Waals surface area contributed by atoms with Crippen molar-refractivity contribution in [2.75, 3.05) is 39.4 Å². The maximum absolute atomic E-state index is 5.27. The van der Waals surface area contributed by atoms with E-state index in [1.165, 1.54) is 39.0 Å². The molecule has 14 heavy (non-hydrogen) atoms. The van der Waals surface area contributed by atoms with Gasteiger partial charge in [-0.15, -0.1) is 0 Å². The Labute approximate surface area is 85.8 Å². The van der Waals surface area contributed by atoms with Gasteiger partial charge < -0.3 is 10.1 Å². The van der Waals surface area contributed by atoms with E-state index < -0.39 is 0 Å². The lowest BCUT2D eigenvalue weighted by atomic mass is 9.81. The van der Waals surface area contributed by atoms with Crippen molar-refractivity contribution in [1.29, 1.82) is 0 Å². The Morgan fingerprint density at radius 2 is 2.00 bits per heavy atom. The molecule has 3 rings (SSSR count). The Bertz CT molecular complexity index is 181. The second-order valence-electron chi connectivity index (χ2n) is 5.01. The van der Waals surface area contributed by atoms with Gasteiger partial charge in [0.1, 0.15) is 0 Å². The van der Waals surface area contributed by atoms with Crippen molar-refractivity contribution in [3.05, 3.63) is 0 Å². The summed E-state index contributed by atoms with van der Waals surface area (Å²) in [6.45, 7) is 7.13. The van der Waals surface area contributed by atoms with Crippen molar-refractivity contribution in [3.8, 4) is 0 Å². The molecule has 1 N–H and O–H groups in total. The van der Waals surface area contributed by atoms with Crippen LogP contribution in [0.3, 0.4) is 0 Å². The Balaban J connectivity index is 1.54. The van der Waals surface area contributed by atoms with Gasteiger partial charge in [-0.05, 0) is 44.3 Å². The van der Waals surface area contributed by atoms with E-state index in [4.69, 9.17) is 4.74 Å². The zero-order valence-corrected chi connectivity index (χ0v) is 8.74. The van der Waals surface area contributed by atoms with E-state index >= 15 is 0 Å². The van der Waals surface area contributed by atoms with Crippen LogP contribution in [0.1, 0.15) is 12.8 Å². The van der Waals surface area contributed by atoms with Gasteiger partial charge in [-0.3, -0.25) is 4.90 Å². The van der Waals surface area contributed by atoms with Crippen LogP contribution in [0.15, 0.2) is 0 Å². The summed E-state index contributed by atoms with van der Waals surface area (Å²) in [6, 6.07) is 0.755. The Morgan fingerprint density at radius 1 is 1.14 bits per heavy atom. The van der Waals surface area contributed by atoms with E-state index in [9.17, 15) is 0 Å². The number of hydrogen-bond acceptors (Lipinski definition) is 3. The van der Waals surface area contributed by atoms with Crippen LogP contribution in [0.4, 0.5) is 0 Å². The van der Waals surface area contributed by atoms with Crippen molar-refractivity contribution in [3.63, 3.8) is 0 Å². The van der Waals surface area contributed by atoms with Gasteiger partial charge in [-0.2, -0.15) is 0 Å².